The molecule has 0 aromatic rings. The fourth-order valence-corrected chi connectivity index (χ4v) is 1.53. The van der Waals surface area contributed by atoms with Crippen LogP contribution < -0.4 is 5.32 Å². The van der Waals surface area contributed by atoms with E-state index in [2.05, 4.69) is 5.32 Å². The van der Waals surface area contributed by atoms with Crippen LogP contribution in [0, 0.1) is 5.92 Å². The topological polar surface area (TPSA) is 75.6 Å². The molecule has 1 aliphatic rings. The van der Waals surface area contributed by atoms with Gasteiger partial charge in [0, 0.05) is 19.4 Å². The highest BCUT2D eigenvalue weighted by Gasteiger charge is 2.40. The molecule has 13 heavy (non-hydrogen) atoms. The number of carboxylic acids is 1. The number of hydrogen-bond donors (Lipinski definition) is 2. The van der Waals surface area contributed by atoms with Gasteiger partial charge in [-0.05, 0) is 6.92 Å². The number of carboxylic acid groups (broad SMARTS) is 1. The first-order chi connectivity index (χ1) is 6.06. The van der Waals surface area contributed by atoms with Crippen LogP contribution in [0.3, 0.4) is 0 Å². The van der Waals surface area contributed by atoms with Gasteiger partial charge in [-0.3, -0.25) is 4.79 Å². The number of carbonyl (C=O) groups is 2. The highest BCUT2D eigenvalue weighted by atomic mass is 16.5. The lowest BCUT2D eigenvalue weighted by atomic mass is 9.95. The van der Waals surface area contributed by atoms with Gasteiger partial charge in [0.05, 0.1) is 6.10 Å². The highest BCUT2D eigenvalue weighted by Crippen LogP contribution is 2.22. The van der Waals surface area contributed by atoms with Gasteiger partial charge in [0.25, 0.3) is 0 Å². The first kappa shape index (κ1) is 9.98. The average molecular weight is 187 g/mol. The molecule has 3 unspecified atom stereocenters. The van der Waals surface area contributed by atoms with E-state index in [1.54, 1.807) is 6.92 Å². The number of methoxy groups -OCH3 is 1. The van der Waals surface area contributed by atoms with Crippen LogP contribution in [0.5, 0.6) is 0 Å². The molecule has 5 heteroatoms. The summed E-state index contributed by atoms with van der Waals surface area (Å²) in [4.78, 5) is 21.7. The molecule has 1 aliphatic heterocycles. The van der Waals surface area contributed by atoms with E-state index in [-0.39, 0.29) is 24.3 Å². The van der Waals surface area contributed by atoms with E-state index in [1.807, 2.05) is 0 Å². The van der Waals surface area contributed by atoms with Gasteiger partial charge in [0.1, 0.15) is 6.04 Å². The predicted octanol–water partition coefficient (Wildman–Crippen LogP) is -0.389. The molecule has 74 valence electrons. The molecular formula is C8H13NO4. The quantitative estimate of drug-likeness (QED) is 0.631. The maximum atomic E-state index is 11.0. The Balaban J connectivity index is 2.71. The molecule has 1 amide bonds. The van der Waals surface area contributed by atoms with E-state index in [4.69, 9.17) is 9.84 Å². The molecule has 0 aliphatic carbocycles. The lowest BCUT2D eigenvalue weighted by Crippen LogP contribution is -2.40. The van der Waals surface area contributed by atoms with Crippen LogP contribution >= 0.6 is 0 Å². The first-order valence-electron chi connectivity index (χ1n) is 4.11. The van der Waals surface area contributed by atoms with Crippen molar-refractivity contribution in [2.24, 2.45) is 5.92 Å². The molecular weight excluding hydrogens is 174 g/mol. The monoisotopic (exact) mass is 187 g/mol. The molecule has 3 atom stereocenters. The third kappa shape index (κ3) is 1.98. The first-order valence-corrected chi connectivity index (χ1v) is 4.11. The molecule has 0 radical (unpaired) electrons. The zero-order chi connectivity index (χ0) is 10.0. The Morgan fingerprint density at radius 2 is 2.38 bits per heavy atom. The van der Waals surface area contributed by atoms with Crippen molar-refractivity contribution in [2.45, 2.75) is 25.5 Å². The van der Waals surface area contributed by atoms with Crippen molar-refractivity contribution in [2.75, 3.05) is 7.11 Å². The van der Waals surface area contributed by atoms with E-state index in [9.17, 15) is 9.59 Å². The van der Waals surface area contributed by atoms with Crippen molar-refractivity contribution in [1.82, 2.24) is 5.32 Å². The van der Waals surface area contributed by atoms with Crippen LogP contribution in [0.4, 0.5) is 0 Å². The zero-order valence-corrected chi connectivity index (χ0v) is 7.61. The largest absolute Gasteiger partial charge is 0.480 e. The van der Waals surface area contributed by atoms with Crippen LogP contribution in [-0.4, -0.2) is 36.2 Å². The van der Waals surface area contributed by atoms with Crippen molar-refractivity contribution in [3.63, 3.8) is 0 Å². The fourth-order valence-electron chi connectivity index (χ4n) is 1.53. The SMILES string of the molecule is COC(C)C1CC(=O)NC1C(=O)O. The summed E-state index contributed by atoms with van der Waals surface area (Å²) in [6.45, 7) is 1.76. The normalized spacial score (nSPS) is 29.8. The Morgan fingerprint density at radius 3 is 2.85 bits per heavy atom. The van der Waals surface area contributed by atoms with Gasteiger partial charge in [0.2, 0.25) is 5.91 Å². The van der Waals surface area contributed by atoms with Crippen LogP contribution in [0.1, 0.15) is 13.3 Å². The van der Waals surface area contributed by atoms with Gasteiger partial charge in [0.15, 0.2) is 0 Å². The Morgan fingerprint density at radius 1 is 1.77 bits per heavy atom. The number of carbonyl (C=O) groups excluding carboxylic acids is 1. The Kier molecular flexibility index (Phi) is 2.87. The van der Waals surface area contributed by atoms with E-state index in [1.165, 1.54) is 7.11 Å². The van der Waals surface area contributed by atoms with Gasteiger partial charge in [-0.15, -0.1) is 0 Å². The lowest BCUT2D eigenvalue weighted by Gasteiger charge is -2.20. The van der Waals surface area contributed by atoms with Crippen molar-refractivity contribution >= 4 is 11.9 Å². The zero-order valence-electron chi connectivity index (χ0n) is 7.61. The fraction of sp³-hybridized carbons (Fsp3) is 0.750. The molecule has 0 aromatic heterocycles. The third-order valence-electron chi connectivity index (χ3n) is 2.41. The van der Waals surface area contributed by atoms with E-state index in [0.29, 0.717) is 0 Å². The number of aliphatic carboxylic acids is 1. The summed E-state index contributed by atoms with van der Waals surface area (Å²) in [6.07, 6.45) is 0.00597. The van der Waals surface area contributed by atoms with E-state index < -0.39 is 12.0 Å². The van der Waals surface area contributed by atoms with Crippen LogP contribution in [-0.2, 0) is 14.3 Å². The maximum Gasteiger partial charge on any atom is 0.326 e. The molecule has 5 nitrogen and oxygen atoms in total. The van der Waals surface area contributed by atoms with Crippen molar-refractivity contribution in [1.29, 1.82) is 0 Å². The highest BCUT2D eigenvalue weighted by molar-refractivity contribution is 5.88. The van der Waals surface area contributed by atoms with Crippen LogP contribution in [0.15, 0.2) is 0 Å². The summed E-state index contributed by atoms with van der Waals surface area (Å²) < 4.78 is 5.01. The summed E-state index contributed by atoms with van der Waals surface area (Å²) in [5.74, 6) is -1.49. The minimum absolute atomic E-state index is 0.221. The molecule has 0 spiro atoms. The van der Waals surface area contributed by atoms with E-state index in [0.717, 1.165) is 0 Å². The molecule has 1 saturated heterocycles. The summed E-state index contributed by atoms with van der Waals surface area (Å²) in [7, 11) is 1.51. The standard InChI is InChI=1S/C8H13NO4/c1-4(13-2)5-3-6(10)9-7(5)8(11)12/h4-5,7H,3H2,1-2H3,(H,9,10)(H,11,12). The van der Waals surface area contributed by atoms with Crippen LogP contribution in [0.25, 0.3) is 0 Å². The smallest absolute Gasteiger partial charge is 0.326 e. The Bertz CT molecular complexity index is 228. The lowest BCUT2D eigenvalue weighted by molar-refractivity contribution is -0.141. The molecule has 2 N–H and O–H groups in total. The average Bonchev–Trinajstić information content (AvgIpc) is 2.46. The minimum Gasteiger partial charge on any atom is -0.480 e. The van der Waals surface area contributed by atoms with Crippen molar-refractivity contribution in [3.05, 3.63) is 0 Å². The number of ether oxygens (including phenoxy) is 1. The minimum atomic E-state index is -1.00. The number of nitrogens with one attached hydrogen (secondary N) is 1. The molecule has 1 fully saturated rings. The molecule has 0 aromatic carbocycles. The number of rotatable bonds is 3. The van der Waals surface area contributed by atoms with E-state index >= 15 is 0 Å². The van der Waals surface area contributed by atoms with Gasteiger partial charge < -0.3 is 15.2 Å². The van der Waals surface area contributed by atoms with Gasteiger partial charge in [-0.25, -0.2) is 4.79 Å². The van der Waals surface area contributed by atoms with Gasteiger partial charge in [-0.2, -0.15) is 0 Å². The third-order valence-corrected chi connectivity index (χ3v) is 2.41. The Labute approximate surface area is 76.1 Å². The molecule has 0 saturated carbocycles. The summed E-state index contributed by atoms with van der Waals surface area (Å²) in [6, 6.07) is -0.803. The second-order valence-corrected chi connectivity index (χ2v) is 3.19. The summed E-state index contributed by atoms with van der Waals surface area (Å²) in [5.41, 5.74) is 0. The predicted molar refractivity (Wildman–Crippen MR) is 44.1 cm³/mol. The van der Waals surface area contributed by atoms with Crippen LogP contribution in [0.2, 0.25) is 0 Å². The second kappa shape index (κ2) is 3.74. The molecule has 1 heterocycles. The van der Waals surface area contributed by atoms with Gasteiger partial charge >= 0.3 is 5.97 Å². The molecule has 1 rings (SSSR count). The Hall–Kier alpha value is -1.10. The second-order valence-electron chi connectivity index (χ2n) is 3.19. The number of amides is 1. The maximum absolute atomic E-state index is 11.0. The summed E-state index contributed by atoms with van der Waals surface area (Å²) in [5, 5.41) is 11.2. The van der Waals surface area contributed by atoms with Crippen molar-refractivity contribution < 1.29 is 19.4 Å². The summed E-state index contributed by atoms with van der Waals surface area (Å²) >= 11 is 0. The van der Waals surface area contributed by atoms with Crippen molar-refractivity contribution in [3.8, 4) is 0 Å². The van der Waals surface area contributed by atoms with Gasteiger partial charge in [-0.1, -0.05) is 0 Å². The number of hydrogen-bond acceptors (Lipinski definition) is 3. The molecule has 0 bridgehead atoms.